The predicted molar refractivity (Wildman–Crippen MR) is 66.7 cm³/mol. The average Bonchev–Trinajstić information content (AvgIpc) is 2.32. The lowest BCUT2D eigenvalue weighted by atomic mass is 10.1. The Hall–Kier alpha value is -1.26. The minimum absolute atomic E-state index is 0.405. The zero-order valence-corrected chi connectivity index (χ0v) is 9.65. The van der Waals surface area contributed by atoms with Crippen LogP contribution in [0.25, 0.3) is 0 Å². The van der Waals surface area contributed by atoms with E-state index in [1.54, 1.807) is 7.11 Å². The summed E-state index contributed by atoms with van der Waals surface area (Å²) in [6.07, 6.45) is 0. The summed E-state index contributed by atoms with van der Waals surface area (Å²) in [6, 6.07) is 8.44. The topological polar surface area (TPSA) is 50.5 Å². The number of benzene rings is 1. The lowest BCUT2D eigenvalue weighted by Crippen LogP contribution is -2.53. The van der Waals surface area contributed by atoms with Crippen molar-refractivity contribution < 1.29 is 4.74 Å². The first-order valence-electron chi connectivity index (χ1n) is 5.63. The van der Waals surface area contributed by atoms with Crippen LogP contribution >= 0.6 is 0 Å². The maximum absolute atomic E-state index is 5.69. The van der Waals surface area contributed by atoms with E-state index in [-0.39, 0.29) is 0 Å². The van der Waals surface area contributed by atoms with Crippen molar-refractivity contribution in [2.24, 2.45) is 0 Å². The van der Waals surface area contributed by atoms with E-state index in [1.165, 1.54) is 5.69 Å². The summed E-state index contributed by atoms with van der Waals surface area (Å²) in [5.74, 6) is 0. The highest BCUT2D eigenvalue weighted by atomic mass is 16.5. The number of ether oxygens (including phenoxy) is 1. The fraction of sp³-hybridized carbons (Fsp3) is 0.500. The first-order valence-corrected chi connectivity index (χ1v) is 5.63. The standard InChI is InChI=1S/C12H19N3O/c1-16-9-12-8-14-6-7-15(12)11-4-2-10(13)3-5-11/h2-5,12,14H,6-9,13H2,1H3. The number of nitrogen functional groups attached to an aromatic ring is 1. The van der Waals surface area contributed by atoms with Crippen molar-refractivity contribution in [3.05, 3.63) is 24.3 Å². The van der Waals surface area contributed by atoms with Gasteiger partial charge in [0.15, 0.2) is 0 Å². The van der Waals surface area contributed by atoms with Crippen LogP contribution in [0.15, 0.2) is 24.3 Å². The normalized spacial score (nSPS) is 21.1. The van der Waals surface area contributed by atoms with Crippen molar-refractivity contribution in [3.63, 3.8) is 0 Å². The fourth-order valence-electron chi connectivity index (χ4n) is 2.11. The Morgan fingerprint density at radius 2 is 2.19 bits per heavy atom. The molecule has 0 aliphatic carbocycles. The van der Waals surface area contributed by atoms with Crippen molar-refractivity contribution >= 4 is 11.4 Å². The molecule has 16 heavy (non-hydrogen) atoms. The van der Waals surface area contributed by atoms with Gasteiger partial charge in [0.25, 0.3) is 0 Å². The Bertz CT molecular complexity index is 324. The molecule has 1 aliphatic rings. The van der Waals surface area contributed by atoms with Crippen molar-refractivity contribution in [2.45, 2.75) is 6.04 Å². The first-order chi connectivity index (χ1) is 7.81. The molecule has 0 amide bonds. The zero-order chi connectivity index (χ0) is 11.4. The molecule has 0 spiro atoms. The minimum Gasteiger partial charge on any atom is -0.399 e. The lowest BCUT2D eigenvalue weighted by Gasteiger charge is -2.37. The Kier molecular flexibility index (Phi) is 3.64. The first kappa shape index (κ1) is 11.2. The quantitative estimate of drug-likeness (QED) is 0.737. The van der Waals surface area contributed by atoms with Crippen molar-refractivity contribution in [1.82, 2.24) is 5.32 Å². The molecule has 4 heteroatoms. The van der Waals surface area contributed by atoms with Crippen LogP contribution in [0.2, 0.25) is 0 Å². The average molecular weight is 221 g/mol. The second-order valence-electron chi connectivity index (χ2n) is 4.10. The molecule has 3 N–H and O–H groups in total. The molecule has 1 aromatic rings. The Labute approximate surface area is 96.4 Å². The fourth-order valence-corrected chi connectivity index (χ4v) is 2.11. The Morgan fingerprint density at radius 1 is 1.44 bits per heavy atom. The molecular weight excluding hydrogens is 202 g/mol. The van der Waals surface area contributed by atoms with E-state index in [0.29, 0.717) is 6.04 Å². The van der Waals surface area contributed by atoms with Gasteiger partial charge in [0, 0.05) is 38.1 Å². The van der Waals surface area contributed by atoms with Crippen LogP contribution in [0.5, 0.6) is 0 Å². The summed E-state index contributed by atoms with van der Waals surface area (Å²) < 4.78 is 5.25. The molecule has 1 unspecified atom stereocenters. The van der Waals surface area contributed by atoms with Crippen molar-refractivity contribution in [1.29, 1.82) is 0 Å². The van der Waals surface area contributed by atoms with E-state index < -0.39 is 0 Å². The summed E-state index contributed by atoms with van der Waals surface area (Å²) in [6.45, 7) is 3.75. The molecule has 1 aliphatic heterocycles. The molecule has 1 heterocycles. The van der Waals surface area contributed by atoms with Crippen LogP contribution in [0.4, 0.5) is 11.4 Å². The molecule has 0 radical (unpaired) electrons. The molecule has 1 fully saturated rings. The van der Waals surface area contributed by atoms with Crippen LogP contribution in [-0.2, 0) is 4.74 Å². The zero-order valence-electron chi connectivity index (χ0n) is 9.65. The molecule has 1 aromatic carbocycles. The predicted octanol–water partition coefficient (Wildman–Crippen LogP) is 0.693. The van der Waals surface area contributed by atoms with E-state index in [9.17, 15) is 0 Å². The number of rotatable bonds is 3. The van der Waals surface area contributed by atoms with Gasteiger partial charge >= 0.3 is 0 Å². The third-order valence-electron chi connectivity index (χ3n) is 2.93. The van der Waals surface area contributed by atoms with Gasteiger partial charge in [-0.2, -0.15) is 0 Å². The molecule has 2 rings (SSSR count). The monoisotopic (exact) mass is 221 g/mol. The maximum Gasteiger partial charge on any atom is 0.0678 e. The van der Waals surface area contributed by atoms with E-state index in [1.807, 2.05) is 12.1 Å². The van der Waals surface area contributed by atoms with Crippen molar-refractivity contribution in [2.75, 3.05) is 44.0 Å². The molecule has 0 saturated carbocycles. The summed E-state index contributed by atoms with van der Waals surface area (Å²) in [7, 11) is 1.75. The number of methoxy groups -OCH3 is 1. The molecular formula is C12H19N3O. The van der Waals surface area contributed by atoms with E-state index in [0.717, 1.165) is 31.9 Å². The highest BCUT2D eigenvalue weighted by Crippen LogP contribution is 2.19. The number of piperazine rings is 1. The smallest absolute Gasteiger partial charge is 0.0678 e. The largest absolute Gasteiger partial charge is 0.399 e. The molecule has 0 bridgehead atoms. The highest BCUT2D eigenvalue weighted by Gasteiger charge is 2.21. The molecule has 4 nitrogen and oxygen atoms in total. The Morgan fingerprint density at radius 3 is 2.88 bits per heavy atom. The van der Waals surface area contributed by atoms with Crippen LogP contribution in [-0.4, -0.2) is 39.4 Å². The van der Waals surface area contributed by atoms with Gasteiger partial charge in [-0.3, -0.25) is 0 Å². The summed E-state index contributed by atoms with van der Waals surface area (Å²) in [4.78, 5) is 2.37. The van der Waals surface area contributed by atoms with Crippen molar-refractivity contribution in [3.8, 4) is 0 Å². The van der Waals surface area contributed by atoms with Gasteiger partial charge in [-0.05, 0) is 24.3 Å². The number of hydrogen-bond donors (Lipinski definition) is 2. The lowest BCUT2D eigenvalue weighted by molar-refractivity contribution is 0.170. The molecule has 1 atom stereocenters. The number of nitrogens with zero attached hydrogens (tertiary/aromatic N) is 1. The Balaban J connectivity index is 2.13. The van der Waals surface area contributed by atoms with E-state index >= 15 is 0 Å². The van der Waals surface area contributed by atoms with Gasteiger partial charge in [0.2, 0.25) is 0 Å². The van der Waals surface area contributed by atoms with Crippen LogP contribution in [0.3, 0.4) is 0 Å². The minimum atomic E-state index is 0.405. The van der Waals surface area contributed by atoms with E-state index in [4.69, 9.17) is 10.5 Å². The van der Waals surface area contributed by atoms with Gasteiger partial charge in [-0.15, -0.1) is 0 Å². The number of hydrogen-bond acceptors (Lipinski definition) is 4. The summed E-state index contributed by atoms with van der Waals surface area (Å²) in [5.41, 5.74) is 7.72. The van der Waals surface area contributed by atoms with E-state index in [2.05, 4.69) is 22.3 Å². The third-order valence-corrected chi connectivity index (χ3v) is 2.93. The summed E-state index contributed by atoms with van der Waals surface area (Å²) >= 11 is 0. The van der Waals surface area contributed by atoms with Crippen LogP contribution in [0.1, 0.15) is 0 Å². The summed E-state index contributed by atoms with van der Waals surface area (Å²) in [5, 5.41) is 3.38. The van der Waals surface area contributed by atoms with Gasteiger partial charge < -0.3 is 20.7 Å². The molecule has 88 valence electrons. The van der Waals surface area contributed by atoms with Gasteiger partial charge in [-0.1, -0.05) is 0 Å². The second-order valence-corrected chi connectivity index (χ2v) is 4.10. The second kappa shape index (κ2) is 5.18. The van der Waals surface area contributed by atoms with Gasteiger partial charge in [0.1, 0.15) is 0 Å². The van der Waals surface area contributed by atoms with Crippen LogP contribution in [0, 0.1) is 0 Å². The number of nitrogens with two attached hydrogens (primary N) is 1. The molecule has 1 saturated heterocycles. The van der Waals surface area contributed by atoms with Gasteiger partial charge in [-0.25, -0.2) is 0 Å². The maximum atomic E-state index is 5.69. The van der Waals surface area contributed by atoms with Crippen LogP contribution < -0.4 is 16.0 Å². The SMILES string of the molecule is COCC1CNCCN1c1ccc(N)cc1. The number of nitrogens with one attached hydrogen (secondary N) is 1. The molecule has 0 aromatic heterocycles. The highest BCUT2D eigenvalue weighted by molar-refractivity contribution is 5.54. The number of anilines is 2. The third kappa shape index (κ3) is 2.46. The van der Waals surface area contributed by atoms with Gasteiger partial charge in [0.05, 0.1) is 12.6 Å².